The highest BCUT2D eigenvalue weighted by Gasteiger charge is 2.76. The number of carbonyl (C=O) groups excluding carboxylic acids is 4. The van der Waals surface area contributed by atoms with Crippen molar-refractivity contribution in [2.24, 2.45) is 22.7 Å². The molecular formula is C24H32O8. The van der Waals surface area contributed by atoms with Crippen LogP contribution in [-0.4, -0.2) is 58.6 Å². The van der Waals surface area contributed by atoms with Crippen LogP contribution in [0.25, 0.3) is 0 Å². The number of aliphatic hydroxyl groups is 1. The minimum Gasteiger partial charge on any atom is -0.462 e. The molecule has 1 heterocycles. The van der Waals surface area contributed by atoms with Crippen molar-refractivity contribution in [3.63, 3.8) is 0 Å². The summed E-state index contributed by atoms with van der Waals surface area (Å²) in [5.41, 5.74) is -2.79. The van der Waals surface area contributed by atoms with Crippen LogP contribution < -0.4 is 0 Å². The summed E-state index contributed by atoms with van der Waals surface area (Å²) in [5.74, 6) is -2.26. The first kappa shape index (κ1) is 23.1. The molecule has 2 bridgehead atoms. The highest BCUT2D eigenvalue weighted by molar-refractivity contribution is 6.08. The molecule has 3 saturated carbocycles. The minimum absolute atomic E-state index is 0.0625. The quantitative estimate of drug-likeness (QED) is 0.386. The zero-order valence-electron chi connectivity index (χ0n) is 19.3. The molecule has 176 valence electrons. The number of carbonyl (C=O) groups is 4. The van der Waals surface area contributed by atoms with Gasteiger partial charge in [-0.3, -0.25) is 19.2 Å². The lowest BCUT2D eigenvalue weighted by Gasteiger charge is -2.56. The van der Waals surface area contributed by atoms with E-state index in [1.165, 1.54) is 13.8 Å². The SMILES string of the molecule is C=C1C(=O)C23OC2C1CCC(=O)C1(C)C(OC(C)=O)CC(OC(C)=O)C(C)(C)C1CC3O. The maximum Gasteiger partial charge on any atom is 0.302 e. The molecule has 0 aromatic heterocycles. The molecule has 1 aliphatic heterocycles. The fraction of sp³-hybridized carbons (Fsp3) is 0.750. The van der Waals surface area contributed by atoms with E-state index in [-0.39, 0.29) is 36.7 Å². The van der Waals surface area contributed by atoms with E-state index in [0.717, 1.165) is 0 Å². The molecule has 1 saturated heterocycles. The van der Waals surface area contributed by atoms with Crippen LogP contribution in [0.5, 0.6) is 0 Å². The van der Waals surface area contributed by atoms with Crippen LogP contribution in [0.1, 0.15) is 60.3 Å². The van der Waals surface area contributed by atoms with Gasteiger partial charge >= 0.3 is 11.9 Å². The predicted octanol–water partition coefficient (Wildman–Crippen LogP) is 1.91. The average molecular weight is 449 g/mol. The molecule has 32 heavy (non-hydrogen) atoms. The third kappa shape index (κ3) is 3.02. The van der Waals surface area contributed by atoms with Crippen molar-refractivity contribution >= 4 is 23.5 Å². The van der Waals surface area contributed by atoms with Gasteiger partial charge in [0.15, 0.2) is 11.4 Å². The van der Waals surface area contributed by atoms with E-state index in [0.29, 0.717) is 12.0 Å². The molecule has 8 heteroatoms. The second kappa shape index (κ2) is 7.22. The number of ketones is 2. The van der Waals surface area contributed by atoms with Gasteiger partial charge in [0, 0.05) is 38.0 Å². The van der Waals surface area contributed by atoms with Crippen molar-refractivity contribution in [3.05, 3.63) is 12.2 Å². The van der Waals surface area contributed by atoms with Gasteiger partial charge in [-0.05, 0) is 31.3 Å². The van der Waals surface area contributed by atoms with Gasteiger partial charge in [0.25, 0.3) is 0 Å². The number of epoxide rings is 1. The maximum absolute atomic E-state index is 13.7. The molecule has 4 aliphatic rings. The Kier molecular flexibility index (Phi) is 5.21. The number of esters is 2. The van der Waals surface area contributed by atoms with Crippen LogP contribution in [0.4, 0.5) is 0 Å². The Bertz CT molecular complexity index is 906. The molecule has 0 spiro atoms. The number of rotatable bonds is 2. The lowest BCUT2D eigenvalue weighted by Crippen LogP contribution is -2.62. The summed E-state index contributed by atoms with van der Waals surface area (Å²) in [7, 11) is 0. The summed E-state index contributed by atoms with van der Waals surface area (Å²) in [6, 6.07) is 0. The second-order valence-corrected chi connectivity index (χ2v) is 10.6. The molecule has 4 fully saturated rings. The van der Waals surface area contributed by atoms with E-state index in [1.54, 1.807) is 6.92 Å². The van der Waals surface area contributed by atoms with Gasteiger partial charge in [0.2, 0.25) is 0 Å². The molecule has 0 radical (unpaired) electrons. The minimum atomic E-state index is -1.32. The maximum atomic E-state index is 13.7. The Morgan fingerprint density at radius 1 is 1.06 bits per heavy atom. The zero-order valence-corrected chi connectivity index (χ0v) is 19.3. The Labute approximate surface area is 187 Å². The summed E-state index contributed by atoms with van der Waals surface area (Å²) < 4.78 is 17.0. The molecule has 0 amide bonds. The fourth-order valence-electron chi connectivity index (χ4n) is 6.70. The van der Waals surface area contributed by atoms with Gasteiger partial charge in [-0.15, -0.1) is 0 Å². The highest BCUT2D eigenvalue weighted by Crippen LogP contribution is 2.62. The first-order valence-electron chi connectivity index (χ1n) is 11.2. The molecule has 8 nitrogen and oxygen atoms in total. The first-order valence-corrected chi connectivity index (χ1v) is 11.2. The third-order valence-corrected chi connectivity index (χ3v) is 8.55. The zero-order chi connectivity index (χ0) is 23.8. The van der Waals surface area contributed by atoms with Crippen LogP contribution in [-0.2, 0) is 33.4 Å². The fourth-order valence-corrected chi connectivity index (χ4v) is 6.70. The van der Waals surface area contributed by atoms with Crippen molar-refractivity contribution in [3.8, 4) is 0 Å². The largest absolute Gasteiger partial charge is 0.462 e. The van der Waals surface area contributed by atoms with Crippen molar-refractivity contribution < 1.29 is 38.5 Å². The van der Waals surface area contributed by atoms with Crippen LogP contribution in [0.2, 0.25) is 0 Å². The third-order valence-electron chi connectivity index (χ3n) is 8.55. The van der Waals surface area contributed by atoms with Crippen LogP contribution in [0, 0.1) is 22.7 Å². The summed E-state index contributed by atoms with van der Waals surface area (Å²) in [5, 5.41) is 11.3. The van der Waals surface area contributed by atoms with Gasteiger partial charge < -0.3 is 19.3 Å². The smallest absolute Gasteiger partial charge is 0.302 e. The number of hydrogen-bond acceptors (Lipinski definition) is 8. The number of ether oxygens (including phenoxy) is 3. The first-order chi connectivity index (χ1) is 14.8. The van der Waals surface area contributed by atoms with Gasteiger partial charge in [-0.1, -0.05) is 20.4 Å². The van der Waals surface area contributed by atoms with Crippen molar-refractivity contribution in [1.82, 2.24) is 0 Å². The number of hydrogen-bond donors (Lipinski definition) is 1. The van der Waals surface area contributed by atoms with Crippen LogP contribution in [0.3, 0.4) is 0 Å². The van der Waals surface area contributed by atoms with Gasteiger partial charge in [0.05, 0.1) is 11.5 Å². The van der Waals surface area contributed by atoms with E-state index < -0.39 is 58.7 Å². The average Bonchev–Trinajstić information content (AvgIpc) is 3.39. The summed E-state index contributed by atoms with van der Waals surface area (Å²) >= 11 is 0. The standard InChI is InChI=1S/C24H32O8/c1-11-14-7-8-16(27)23(6)15(9-17(28)24(20(11)29)21(14)32-24)22(4,5)18(30-12(2)25)10-19(23)31-13(3)26/h14-15,17-19,21,28H,1,7-10H2,2-6H3. The van der Waals surface area contributed by atoms with Crippen molar-refractivity contribution in [2.75, 3.05) is 0 Å². The van der Waals surface area contributed by atoms with Crippen LogP contribution in [0.15, 0.2) is 12.2 Å². The summed E-state index contributed by atoms with van der Waals surface area (Å²) in [6.45, 7) is 12.1. The lowest BCUT2D eigenvalue weighted by molar-refractivity contribution is -0.205. The molecule has 0 aromatic rings. The molecule has 3 aliphatic carbocycles. The summed E-state index contributed by atoms with van der Waals surface area (Å²) in [4.78, 5) is 50.5. The van der Waals surface area contributed by atoms with E-state index in [9.17, 15) is 24.3 Å². The number of Topliss-reactive ketones (excluding diaryl/α,β-unsaturated/α-hetero) is 2. The van der Waals surface area contributed by atoms with E-state index in [4.69, 9.17) is 14.2 Å². The van der Waals surface area contributed by atoms with E-state index in [1.807, 2.05) is 13.8 Å². The monoisotopic (exact) mass is 448 g/mol. The lowest BCUT2D eigenvalue weighted by atomic mass is 9.50. The van der Waals surface area contributed by atoms with Crippen molar-refractivity contribution in [2.45, 2.75) is 90.3 Å². The molecule has 8 atom stereocenters. The topological polar surface area (TPSA) is 120 Å². The Morgan fingerprint density at radius 3 is 2.25 bits per heavy atom. The van der Waals surface area contributed by atoms with Crippen LogP contribution >= 0.6 is 0 Å². The predicted molar refractivity (Wildman–Crippen MR) is 111 cm³/mol. The molecule has 0 aromatic carbocycles. The number of aliphatic hydroxyl groups excluding tert-OH is 1. The summed E-state index contributed by atoms with van der Waals surface area (Å²) in [6.07, 6.45) is -2.30. The molecule has 4 rings (SSSR count). The molecule has 1 N–H and O–H groups in total. The second-order valence-electron chi connectivity index (χ2n) is 10.6. The van der Waals surface area contributed by atoms with Crippen molar-refractivity contribution in [1.29, 1.82) is 0 Å². The molecular weight excluding hydrogens is 416 g/mol. The van der Waals surface area contributed by atoms with Gasteiger partial charge in [-0.25, -0.2) is 0 Å². The normalized spacial score (nSPS) is 44.9. The Morgan fingerprint density at radius 2 is 1.66 bits per heavy atom. The van der Waals surface area contributed by atoms with Gasteiger partial charge in [0.1, 0.15) is 24.1 Å². The Balaban J connectivity index is 1.82. The van der Waals surface area contributed by atoms with E-state index in [2.05, 4.69) is 6.58 Å². The number of fused-ring (bicyclic) bond motifs is 1. The Hall–Kier alpha value is -2.06. The molecule has 8 unspecified atom stereocenters. The van der Waals surface area contributed by atoms with Gasteiger partial charge in [-0.2, -0.15) is 0 Å². The highest BCUT2D eigenvalue weighted by atomic mass is 16.6. The van der Waals surface area contributed by atoms with E-state index >= 15 is 0 Å².